The van der Waals surface area contributed by atoms with Crippen LogP contribution in [0.4, 0.5) is 10.5 Å². The maximum atomic E-state index is 12.5. The predicted octanol–water partition coefficient (Wildman–Crippen LogP) is 2.54. The van der Waals surface area contributed by atoms with Gasteiger partial charge >= 0.3 is 6.03 Å². The molecule has 4 amide bonds. The molecule has 6 heteroatoms. The lowest BCUT2D eigenvalue weighted by Crippen LogP contribution is -2.58. The molecule has 1 saturated heterocycles. The third-order valence-corrected chi connectivity index (χ3v) is 3.61. The Hall–Kier alpha value is -2.50. The zero-order valence-electron chi connectivity index (χ0n) is 13.2. The second-order valence-electron chi connectivity index (χ2n) is 5.40. The molecule has 0 aromatic heterocycles. The van der Waals surface area contributed by atoms with E-state index in [0.29, 0.717) is 12.2 Å². The van der Waals surface area contributed by atoms with Gasteiger partial charge in [0, 0.05) is 12.8 Å². The van der Waals surface area contributed by atoms with Crippen LogP contribution in [0.15, 0.2) is 35.3 Å². The number of rotatable bonds is 7. The number of urea groups is 1. The molecule has 0 aliphatic carbocycles. The summed E-state index contributed by atoms with van der Waals surface area (Å²) < 4.78 is 0. The Kier molecular flexibility index (Phi) is 6.02. The molecular weight excluding hydrogens is 294 g/mol. The first-order valence-corrected chi connectivity index (χ1v) is 7.89. The molecular formula is C17H21N3O3. The molecule has 0 radical (unpaired) electrons. The van der Waals surface area contributed by atoms with Gasteiger partial charge in [0.05, 0.1) is 5.69 Å². The Morgan fingerprint density at radius 3 is 2.57 bits per heavy atom. The molecule has 1 heterocycles. The number of carbonyl (C=O) groups is 3. The average Bonchev–Trinajstić information content (AvgIpc) is 2.54. The van der Waals surface area contributed by atoms with Gasteiger partial charge in [-0.15, -0.1) is 0 Å². The predicted molar refractivity (Wildman–Crippen MR) is 88.5 cm³/mol. The van der Waals surface area contributed by atoms with Crippen molar-refractivity contribution >= 4 is 29.7 Å². The Morgan fingerprint density at radius 1 is 1.13 bits per heavy atom. The van der Waals surface area contributed by atoms with E-state index in [0.717, 1.165) is 30.6 Å². The van der Waals surface area contributed by atoms with Crippen LogP contribution < -0.4 is 10.2 Å². The van der Waals surface area contributed by atoms with Crippen molar-refractivity contribution in [2.45, 2.75) is 32.6 Å². The molecule has 23 heavy (non-hydrogen) atoms. The van der Waals surface area contributed by atoms with Gasteiger partial charge in [0.2, 0.25) is 5.91 Å². The molecule has 122 valence electrons. The van der Waals surface area contributed by atoms with Gasteiger partial charge in [-0.1, -0.05) is 44.4 Å². The van der Waals surface area contributed by atoms with Gasteiger partial charge in [-0.2, -0.15) is 0 Å². The molecule has 0 spiro atoms. The van der Waals surface area contributed by atoms with E-state index in [4.69, 9.17) is 0 Å². The molecule has 1 aromatic carbocycles. The summed E-state index contributed by atoms with van der Waals surface area (Å²) >= 11 is 0. The van der Waals surface area contributed by atoms with E-state index < -0.39 is 23.8 Å². The fraction of sp³-hybridized carbons (Fsp3) is 0.412. The zero-order chi connectivity index (χ0) is 16.7. The molecule has 0 saturated carbocycles. The normalized spacial score (nSPS) is 18.6. The van der Waals surface area contributed by atoms with Gasteiger partial charge in [-0.05, 0) is 18.6 Å². The second-order valence-corrected chi connectivity index (χ2v) is 5.40. The number of amides is 4. The molecule has 1 aliphatic rings. The van der Waals surface area contributed by atoms with E-state index in [9.17, 15) is 14.4 Å². The van der Waals surface area contributed by atoms with Crippen LogP contribution in [0.1, 0.15) is 32.6 Å². The van der Waals surface area contributed by atoms with Crippen molar-refractivity contribution in [2.75, 3.05) is 11.4 Å². The fourth-order valence-corrected chi connectivity index (χ4v) is 2.35. The van der Waals surface area contributed by atoms with Crippen molar-refractivity contribution in [1.82, 2.24) is 5.32 Å². The van der Waals surface area contributed by atoms with Crippen LogP contribution in [0.2, 0.25) is 0 Å². The summed E-state index contributed by atoms with van der Waals surface area (Å²) in [6, 6.07) is 7.81. The maximum absolute atomic E-state index is 12.5. The Morgan fingerprint density at radius 2 is 1.87 bits per heavy atom. The quantitative estimate of drug-likeness (QED) is 0.477. The molecule has 1 unspecified atom stereocenters. The number of hydrogen-bond acceptors (Lipinski definition) is 4. The van der Waals surface area contributed by atoms with Gasteiger partial charge in [0.25, 0.3) is 5.91 Å². The largest absolute Gasteiger partial charge is 0.335 e. The van der Waals surface area contributed by atoms with Gasteiger partial charge in [-0.3, -0.25) is 19.9 Å². The minimum Gasteiger partial charge on any atom is -0.296 e. The van der Waals surface area contributed by atoms with Crippen LogP contribution in [-0.4, -0.2) is 30.6 Å². The second kappa shape index (κ2) is 8.22. The highest BCUT2D eigenvalue weighted by atomic mass is 16.2. The first kappa shape index (κ1) is 16.9. The summed E-state index contributed by atoms with van der Waals surface area (Å²) in [5.74, 6) is -2.24. The highest BCUT2D eigenvalue weighted by molar-refractivity contribution is 6.32. The van der Waals surface area contributed by atoms with Gasteiger partial charge < -0.3 is 0 Å². The number of carbonyl (C=O) groups excluding carboxylic acids is 3. The van der Waals surface area contributed by atoms with Gasteiger partial charge in [0.1, 0.15) is 0 Å². The van der Waals surface area contributed by atoms with E-state index in [1.807, 2.05) is 0 Å². The lowest BCUT2D eigenvalue weighted by atomic mass is 10.1. The molecule has 6 nitrogen and oxygen atoms in total. The zero-order valence-corrected chi connectivity index (χ0v) is 13.2. The highest BCUT2D eigenvalue weighted by Gasteiger charge is 2.40. The fourth-order valence-electron chi connectivity index (χ4n) is 2.35. The van der Waals surface area contributed by atoms with Crippen LogP contribution in [0.3, 0.4) is 0 Å². The molecule has 1 N–H and O–H groups in total. The number of hydrogen-bond donors (Lipinski definition) is 1. The number of aliphatic imine (C=N–C) groups is 1. The van der Waals surface area contributed by atoms with Crippen LogP contribution in [0.5, 0.6) is 0 Å². The molecule has 0 bridgehead atoms. The number of para-hydroxylation sites is 1. The van der Waals surface area contributed by atoms with E-state index in [1.54, 1.807) is 30.3 Å². The van der Waals surface area contributed by atoms with Gasteiger partial charge in [-0.25, -0.2) is 9.69 Å². The minimum absolute atomic E-state index is 0.434. The van der Waals surface area contributed by atoms with E-state index in [-0.39, 0.29) is 0 Å². The lowest BCUT2D eigenvalue weighted by molar-refractivity contribution is -0.131. The highest BCUT2D eigenvalue weighted by Crippen LogP contribution is 2.19. The van der Waals surface area contributed by atoms with Gasteiger partial charge in [0.15, 0.2) is 5.92 Å². The number of nitrogens with one attached hydrogen (secondary N) is 1. The van der Waals surface area contributed by atoms with E-state index >= 15 is 0 Å². The van der Waals surface area contributed by atoms with Crippen molar-refractivity contribution in [3.63, 3.8) is 0 Å². The standard InChI is InChI=1S/C17H21N3O3/c1-2-3-4-8-11-18-12-14-15(21)19-17(23)20(16(14)22)13-9-6-5-7-10-13/h5-7,9-10,12,14H,2-4,8,11H2,1H3,(H,19,21,23). The maximum Gasteiger partial charge on any atom is 0.335 e. The number of imide groups is 2. The van der Waals surface area contributed by atoms with Crippen molar-refractivity contribution in [3.8, 4) is 0 Å². The molecule has 1 aliphatic heterocycles. The van der Waals surface area contributed by atoms with Crippen LogP contribution in [0.25, 0.3) is 0 Å². The summed E-state index contributed by atoms with van der Waals surface area (Å²) in [6.45, 7) is 2.71. The SMILES string of the molecule is CCCCCCN=CC1C(=O)NC(=O)N(c2ccccc2)C1=O. The number of benzene rings is 1. The molecule has 2 rings (SSSR count). The lowest BCUT2D eigenvalue weighted by Gasteiger charge is -2.28. The number of nitrogens with zero attached hydrogens (tertiary/aromatic N) is 2. The van der Waals surface area contributed by atoms with Crippen molar-refractivity contribution in [3.05, 3.63) is 30.3 Å². The summed E-state index contributed by atoms with van der Waals surface area (Å²) in [5, 5.41) is 2.21. The summed E-state index contributed by atoms with van der Waals surface area (Å²) in [6.07, 6.45) is 5.64. The van der Waals surface area contributed by atoms with E-state index in [1.165, 1.54) is 6.21 Å². The minimum atomic E-state index is -1.06. The molecule has 1 aromatic rings. The summed E-state index contributed by atoms with van der Waals surface area (Å²) in [7, 11) is 0. The molecule has 1 fully saturated rings. The van der Waals surface area contributed by atoms with Crippen molar-refractivity contribution in [2.24, 2.45) is 10.9 Å². The van der Waals surface area contributed by atoms with Crippen molar-refractivity contribution < 1.29 is 14.4 Å². The topological polar surface area (TPSA) is 78.8 Å². The molecule has 1 atom stereocenters. The van der Waals surface area contributed by atoms with Crippen LogP contribution in [0, 0.1) is 5.92 Å². The number of anilines is 1. The summed E-state index contributed by atoms with van der Waals surface area (Å²) in [4.78, 5) is 41.4. The summed E-state index contributed by atoms with van der Waals surface area (Å²) in [5.41, 5.74) is 0.434. The van der Waals surface area contributed by atoms with Crippen molar-refractivity contribution in [1.29, 1.82) is 0 Å². The average molecular weight is 315 g/mol. The van der Waals surface area contributed by atoms with Crippen LogP contribution in [-0.2, 0) is 9.59 Å². The number of unbranched alkanes of at least 4 members (excludes halogenated alkanes) is 3. The first-order chi connectivity index (χ1) is 11.1. The third-order valence-electron chi connectivity index (χ3n) is 3.61. The Labute approximate surface area is 135 Å². The Balaban J connectivity index is 2.05. The third kappa shape index (κ3) is 4.25. The Bertz CT molecular complexity index is 598. The van der Waals surface area contributed by atoms with Crippen LogP contribution >= 0.6 is 0 Å². The van der Waals surface area contributed by atoms with E-state index in [2.05, 4.69) is 17.2 Å². The monoisotopic (exact) mass is 315 g/mol. The first-order valence-electron chi connectivity index (χ1n) is 7.89. The smallest absolute Gasteiger partial charge is 0.296 e. The number of barbiturate groups is 1.